The van der Waals surface area contributed by atoms with Gasteiger partial charge < -0.3 is 19.6 Å². The van der Waals surface area contributed by atoms with Crippen molar-refractivity contribution >= 4 is 16.6 Å². The van der Waals surface area contributed by atoms with E-state index in [1.54, 1.807) is 0 Å². The Morgan fingerprint density at radius 2 is 1.68 bits per heavy atom. The van der Waals surface area contributed by atoms with Crippen molar-refractivity contribution in [1.29, 1.82) is 0 Å². The summed E-state index contributed by atoms with van der Waals surface area (Å²) in [6.45, 7) is 8.91. The van der Waals surface area contributed by atoms with Gasteiger partial charge in [-0.2, -0.15) is 0 Å². The number of nitrogens with zero attached hydrogens (tertiary/aromatic N) is 3. The van der Waals surface area contributed by atoms with E-state index in [0.717, 1.165) is 56.3 Å². The van der Waals surface area contributed by atoms with Gasteiger partial charge in [0.05, 0.1) is 6.61 Å². The fourth-order valence-electron chi connectivity index (χ4n) is 3.78. The van der Waals surface area contributed by atoms with Crippen molar-refractivity contribution in [2.75, 3.05) is 51.3 Å². The van der Waals surface area contributed by atoms with E-state index in [2.05, 4.69) is 73.2 Å². The van der Waals surface area contributed by atoms with Crippen LogP contribution in [0.15, 0.2) is 54.6 Å². The van der Waals surface area contributed by atoms with Gasteiger partial charge in [0, 0.05) is 31.2 Å². The number of anilines is 1. The van der Waals surface area contributed by atoms with E-state index in [-0.39, 0.29) is 6.61 Å². The second kappa shape index (κ2) is 11.7. The van der Waals surface area contributed by atoms with Gasteiger partial charge in [-0.1, -0.05) is 50.2 Å². The second-order valence-corrected chi connectivity index (χ2v) is 7.82. The Labute approximate surface area is 186 Å². The number of rotatable bonds is 12. The van der Waals surface area contributed by atoms with Crippen LogP contribution in [0.25, 0.3) is 10.8 Å². The molecule has 3 aromatic rings. The first-order valence-corrected chi connectivity index (χ1v) is 11.3. The lowest BCUT2D eigenvalue weighted by Crippen LogP contribution is -2.33. The van der Waals surface area contributed by atoms with E-state index in [0.29, 0.717) is 6.61 Å². The second-order valence-electron chi connectivity index (χ2n) is 7.82. The summed E-state index contributed by atoms with van der Waals surface area (Å²) in [7, 11) is 2.15. The third kappa shape index (κ3) is 6.42. The Morgan fingerprint density at radius 1 is 0.935 bits per heavy atom. The molecule has 1 N–H and O–H groups in total. The summed E-state index contributed by atoms with van der Waals surface area (Å²) in [6.07, 6.45) is 1.81. The number of aliphatic hydroxyl groups excluding tert-OH is 1. The van der Waals surface area contributed by atoms with E-state index in [1.807, 2.05) is 12.1 Å². The van der Waals surface area contributed by atoms with Crippen LogP contribution < -0.4 is 9.64 Å². The molecule has 0 radical (unpaired) electrons. The summed E-state index contributed by atoms with van der Waals surface area (Å²) < 4.78 is 5.45. The number of aryl methyl sites for hydroxylation is 2. The number of pyridine rings is 1. The molecule has 1 aromatic heterocycles. The Morgan fingerprint density at radius 3 is 2.39 bits per heavy atom. The zero-order valence-electron chi connectivity index (χ0n) is 19.1. The van der Waals surface area contributed by atoms with Gasteiger partial charge in [0.25, 0.3) is 0 Å². The molecule has 0 fully saturated rings. The van der Waals surface area contributed by atoms with Crippen molar-refractivity contribution in [3.63, 3.8) is 0 Å². The molecular weight excluding hydrogens is 386 g/mol. The van der Waals surface area contributed by atoms with Gasteiger partial charge in [-0.25, -0.2) is 4.98 Å². The van der Waals surface area contributed by atoms with Crippen LogP contribution in [0.4, 0.5) is 5.82 Å². The van der Waals surface area contributed by atoms with Crippen molar-refractivity contribution in [2.45, 2.75) is 26.7 Å². The molecule has 166 valence electrons. The fraction of sp³-hybridized carbons (Fsp3) is 0.423. The molecule has 3 rings (SSSR count). The van der Waals surface area contributed by atoms with E-state index < -0.39 is 0 Å². The van der Waals surface area contributed by atoms with Crippen LogP contribution in [0.5, 0.6) is 5.75 Å². The Hall–Kier alpha value is -2.63. The van der Waals surface area contributed by atoms with Crippen molar-refractivity contribution in [1.82, 2.24) is 9.88 Å². The van der Waals surface area contributed by atoms with Gasteiger partial charge in [0.1, 0.15) is 18.2 Å². The summed E-state index contributed by atoms with van der Waals surface area (Å²) >= 11 is 0. The molecule has 1 heterocycles. The molecule has 0 aliphatic rings. The molecule has 0 saturated carbocycles. The first-order chi connectivity index (χ1) is 15.1. The molecule has 0 atom stereocenters. The minimum atomic E-state index is 0.0289. The highest BCUT2D eigenvalue weighted by Crippen LogP contribution is 2.26. The van der Waals surface area contributed by atoms with Crippen molar-refractivity contribution < 1.29 is 9.84 Å². The van der Waals surface area contributed by atoms with Crippen LogP contribution in [0.3, 0.4) is 0 Å². The smallest absolute Gasteiger partial charge is 0.136 e. The van der Waals surface area contributed by atoms with Gasteiger partial charge in [-0.05, 0) is 55.1 Å². The molecular formula is C26H35N3O2. The van der Waals surface area contributed by atoms with E-state index in [1.165, 1.54) is 16.3 Å². The maximum absolute atomic E-state index is 8.88. The van der Waals surface area contributed by atoms with Gasteiger partial charge in [0.2, 0.25) is 0 Å². The van der Waals surface area contributed by atoms with Gasteiger partial charge in [-0.15, -0.1) is 0 Å². The van der Waals surface area contributed by atoms with Gasteiger partial charge >= 0.3 is 0 Å². The van der Waals surface area contributed by atoms with Crippen LogP contribution in [-0.4, -0.2) is 61.4 Å². The highest BCUT2D eigenvalue weighted by Gasteiger charge is 2.12. The number of ether oxygens (including phenoxy) is 1. The molecule has 0 saturated heterocycles. The van der Waals surface area contributed by atoms with Gasteiger partial charge in [0.15, 0.2) is 0 Å². The molecule has 31 heavy (non-hydrogen) atoms. The largest absolute Gasteiger partial charge is 0.491 e. The van der Waals surface area contributed by atoms with Crippen LogP contribution in [0, 0.1) is 0 Å². The number of aliphatic hydroxyl groups is 1. The average molecular weight is 422 g/mol. The summed E-state index contributed by atoms with van der Waals surface area (Å²) in [4.78, 5) is 9.79. The van der Waals surface area contributed by atoms with E-state index >= 15 is 0 Å². The molecule has 5 nitrogen and oxygen atoms in total. The molecule has 0 aliphatic heterocycles. The Kier molecular flexibility index (Phi) is 8.68. The summed E-state index contributed by atoms with van der Waals surface area (Å²) in [5, 5.41) is 11.3. The average Bonchev–Trinajstić information content (AvgIpc) is 2.82. The predicted molar refractivity (Wildman–Crippen MR) is 129 cm³/mol. The Bertz CT molecular complexity index is 939. The monoisotopic (exact) mass is 421 g/mol. The molecule has 2 aromatic carbocycles. The standard InChI is InChI=1S/C26H35N3O2/c1-4-29(5-2)17-16-28(3)26-25-9-7-6-8-22(25)20-23(27-26)13-10-21-11-14-24(15-12-21)31-19-18-30/h6-9,11-12,14-15,20,30H,4-5,10,13,16-19H2,1-3H3. The van der Waals surface area contributed by atoms with Crippen molar-refractivity contribution in [3.05, 3.63) is 65.9 Å². The lowest BCUT2D eigenvalue weighted by Gasteiger charge is -2.25. The topological polar surface area (TPSA) is 48.8 Å². The molecule has 0 aliphatic carbocycles. The third-order valence-electron chi connectivity index (χ3n) is 5.73. The maximum atomic E-state index is 8.88. The first-order valence-electron chi connectivity index (χ1n) is 11.3. The predicted octanol–water partition coefficient (Wildman–Crippen LogP) is 4.17. The summed E-state index contributed by atoms with van der Waals surface area (Å²) in [6, 6.07) is 18.8. The maximum Gasteiger partial charge on any atom is 0.136 e. The quantitative estimate of drug-likeness (QED) is 0.476. The number of aromatic nitrogens is 1. The number of likely N-dealkylation sites (N-methyl/N-ethyl adjacent to an activating group) is 2. The zero-order chi connectivity index (χ0) is 22.1. The summed E-state index contributed by atoms with van der Waals surface area (Å²) in [5.74, 6) is 1.85. The number of benzene rings is 2. The van der Waals surface area contributed by atoms with Crippen molar-refractivity contribution in [3.8, 4) is 5.75 Å². The first kappa shape index (κ1) is 23.0. The van der Waals surface area contributed by atoms with Gasteiger partial charge in [-0.3, -0.25) is 0 Å². The van der Waals surface area contributed by atoms with Crippen LogP contribution in [0.1, 0.15) is 25.1 Å². The summed E-state index contributed by atoms with van der Waals surface area (Å²) in [5.41, 5.74) is 2.37. The lowest BCUT2D eigenvalue weighted by atomic mass is 10.0. The minimum absolute atomic E-state index is 0.0289. The Balaban J connectivity index is 1.73. The number of hydrogen-bond acceptors (Lipinski definition) is 5. The number of hydrogen-bond donors (Lipinski definition) is 1. The number of fused-ring (bicyclic) bond motifs is 1. The highest BCUT2D eigenvalue weighted by atomic mass is 16.5. The van der Waals surface area contributed by atoms with E-state index in [4.69, 9.17) is 14.8 Å². The minimum Gasteiger partial charge on any atom is -0.491 e. The third-order valence-corrected chi connectivity index (χ3v) is 5.73. The fourth-order valence-corrected chi connectivity index (χ4v) is 3.78. The molecule has 0 amide bonds. The van der Waals surface area contributed by atoms with Crippen LogP contribution in [0.2, 0.25) is 0 Å². The lowest BCUT2D eigenvalue weighted by molar-refractivity contribution is 0.201. The molecule has 0 unspecified atom stereocenters. The molecule has 0 spiro atoms. The molecule has 5 heteroatoms. The van der Waals surface area contributed by atoms with E-state index in [9.17, 15) is 0 Å². The van der Waals surface area contributed by atoms with Crippen LogP contribution >= 0.6 is 0 Å². The van der Waals surface area contributed by atoms with Crippen molar-refractivity contribution in [2.24, 2.45) is 0 Å². The molecule has 0 bridgehead atoms. The highest BCUT2D eigenvalue weighted by molar-refractivity contribution is 5.92. The van der Waals surface area contributed by atoms with Crippen LogP contribution in [-0.2, 0) is 12.8 Å². The zero-order valence-corrected chi connectivity index (χ0v) is 19.1. The SMILES string of the molecule is CCN(CC)CCN(C)c1nc(CCc2ccc(OCCO)cc2)cc2ccccc12. The normalized spacial score (nSPS) is 11.3.